The minimum Gasteiger partial charge on any atom is -0.452 e. The minimum absolute atomic E-state index is 0.0602. The second-order valence-electron chi connectivity index (χ2n) is 7.42. The molecule has 7 nitrogen and oxygen atoms in total. The zero-order valence-electron chi connectivity index (χ0n) is 18.3. The molecule has 2 aromatic rings. The van der Waals surface area contributed by atoms with E-state index in [9.17, 15) is 18.0 Å². The van der Waals surface area contributed by atoms with Crippen LogP contribution in [0.15, 0.2) is 53.4 Å². The van der Waals surface area contributed by atoms with Gasteiger partial charge in [-0.25, -0.2) is 17.9 Å². The lowest BCUT2D eigenvalue weighted by Gasteiger charge is -2.15. The molecule has 0 heterocycles. The van der Waals surface area contributed by atoms with Crippen LogP contribution in [0.25, 0.3) is 0 Å². The number of carbonyl (C=O) groups excluding carboxylic acids is 2. The number of rotatable bonds is 10. The fourth-order valence-electron chi connectivity index (χ4n) is 2.81. The Morgan fingerprint density at radius 2 is 1.58 bits per heavy atom. The van der Waals surface area contributed by atoms with Crippen LogP contribution in [0.2, 0.25) is 0 Å². The molecule has 0 bridgehead atoms. The minimum atomic E-state index is -3.65. The van der Waals surface area contributed by atoms with Crippen LogP contribution in [0.1, 0.15) is 61.6 Å². The normalized spacial score (nSPS) is 13.3. The Balaban J connectivity index is 1.89. The third kappa shape index (κ3) is 7.18. The quantitative estimate of drug-likeness (QED) is 0.545. The lowest BCUT2D eigenvalue weighted by molar-refractivity contribution is -0.124. The zero-order chi connectivity index (χ0) is 23.0. The van der Waals surface area contributed by atoms with Crippen molar-refractivity contribution in [2.45, 2.75) is 57.5 Å². The average Bonchev–Trinajstić information content (AvgIpc) is 2.77. The lowest BCUT2D eigenvalue weighted by Crippen LogP contribution is -2.32. The summed E-state index contributed by atoms with van der Waals surface area (Å²) in [5.74, 6) is -1.12. The van der Waals surface area contributed by atoms with Crippen molar-refractivity contribution >= 4 is 21.9 Å². The molecule has 0 spiro atoms. The van der Waals surface area contributed by atoms with Gasteiger partial charge in [0.05, 0.1) is 16.5 Å². The van der Waals surface area contributed by atoms with E-state index in [0.29, 0.717) is 6.42 Å². The van der Waals surface area contributed by atoms with Crippen molar-refractivity contribution in [3.8, 4) is 0 Å². The molecule has 31 heavy (non-hydrogen) atoms. The molecule has 0 aliphatic heterocycles. The van der Waals surface area contributed by atoms with E-state index in [-0.39, 0.29) is 22.5 Å². The van der Waals surface area contributed by atoms with Gasteiger partial charge < -0.3 is 10.1 Å². The molecule has 0 aliphatic carbocycles. The molecule has 2 aromatic carbocycles. The molecule has 0 saturated heterocycles. The Morgan fingerprint density at radius 3 is 2.13 bits per heavy atom. The Morgan fingerprint density at radius 1 is 0.968 bits per heavy atom. The van der Waals surface area contributed by atoms with Crippen LogP contribution in [-0.4, -0.2) is 32.9 Å². The van der Waals surface area contributed by atoms with Crippen molar-refractivity contribution in [1.29, 1.82) is 0 Å². The van der Waals surface area contributed by atoms with E-state index in [1.54, 1.807) is 6.92 Å². The highest BCUT2D eigenvalue weighted by Gasteiger charge is 2.18. The van der Waals surface area contributed by atoms with Gasteiger partial charge >= 0.3 is 5.97 Å². The maximum absolute atomic E-state index is 12.3. The number of aryl methyl sites for hydroxylation is 1. The molecular weight excluding hydrogens is 416 g/mol. The second-order valence-corrected chi connectivity index (χ2v) is 9.13. The smallest absolute Gasteiger partial charge is 0.338 e. The number of hydrogen-bond acceptors (Lipinski definition) is 5. The van der Waals surface area contributed by atoms with E-state index < -0.39 is 28.5 Å². The van der Waals surface area contributed by atoms with Crippen molar-refractivity contribution in [3.05, 3.63) is 65.2 Å². The van der Waals surface area contributed by atoms with Crippen LogP contribution in [0.5, 0.6) is 0 Å². The number of carbonyl (C=O) groups is 2. The summed E-state index contributed by atoms with van der Waals surface area (Å²) in [5, 5.41) is 2.79. The lowest BCUT2D eigenvalue weighted by atomic mass is 10.1. The molecule has 1 amide bonds. The number of ether oxygens (including phenoxy) is 1. The van der Waals surface area contributed by atoms with Gasteiger partial charge in [-0.2, -0.15) is 0 Å². The Hall–Kier alpha value is -2.71. The molecule has 0 aromatic heterocycles. The van der Waals surface area contributed by atoms with Gasteiger partial charge in [-0.3, -0.25) is 4.79 Å². The van der Waals surface area contributed by atoms with Gasteiger partial charge in [0.15, 0.2) is 6.61 Å². The van der Waals surface area contributed by atoms with Crippen LogP contribution in [0.4, 0.5) is 0 Å². The molecule has 0 saturated carbocycles. The molecule has 168 valence electrons. The number of amides is 1. The summed E-state index contributed by atoms with van der Waals surface area (Å²) in [6.07, 6.45) is 1.60. The molecule has 0 radical (unpaired) electrons. The van der Waals surface area contributed by atoms with E-state index in [1.165, 1.54) is 29.8 Å². The van der Waals surface area contributed by atoms with E-state index in [4.69, 9.17) is 4.74 Å². The van der Waals surface area contributed by atoms with Crippen LogP contribution in [-0.2, 0) is 26.0 Å². The SMILES string of the molecule is CCc1ccc(C(C)NC(=O)COC(=O)c2ccc(S(=O)(=O)NC(C)CC)cc2)cc1. The summed E-state index contributed by atoms with van der Waals surface area (Å²) in [7, 11) is -3.65. The van der Waals surface area contributed by atoms with Crippen molar-refractivity contribution < 1.29 is 22.7 Å². The highest BCUT2D eigenvalue weighted by atomic mass is 32.2. The van der Waals surface area contributed by atoms with Gasteiger partial charge in [-0.05, 0) is 62.1 Å². The van der Waals surface area contributed by atoms with Gasteiger partial charge in [-0.15, -0.1) is 0 Å². The molecule has 0 aliphatic rings. The summed E-state index contributed by atoms with van der Waals surface area (Å²) < 4.78 is 32.2. The molecule has 2 N–H and O–H groups in total. The van der Waals surface area contributed by atoms with Crippen LogP contribution >= 0.6 is 0 Å². The highest BCUT2D eigenvalue weighted by Crippen LogP contribution is 2.14. The monoisotopic (exact) mass is 446 g/mol. The van der Waals surface area contributed by atoms with Crippen molar-refractivity contribution in [2.75, 3.05) is 6.61 Å². The van der Waals surface area contributed by atoms with E-state index in [1.807, 2.05) is 38.1 Å². The predicted octanol–water partition coefficient (Wildman–Crippen LogP) is 3.36. The van der Waals surface area contributed by atoms with E-state index in [2.05, 4.69) is 17.0 Å². The fourth-order valence-corrected chi connectivity index (χ4v) is 4.14. The van der Waals surface area contributed by atoms with E-state index >= 15 is 0 Å². The average molecular weight is 447 g/mol. The van der Waals surface area contributed by atoms with Gasteiger partial charge in [0.2, 0.25) is 10.0 Å². The van der Waals surface area contributed by atoms with Crippen molar-refractivity contribution in [2.24, 2.45) is 0 Å². The first-order chi connectivity index (χ1) is 14.7. The Labute approximate surface area is 184 Å². The summed E-state index contributed by atoms with van der Waals surface area (Å²) >= 11 is 0. The molecule has 8 heteroatoms. The van der Waals surface area contributed by atoms with Crippen molar-refractivity contribution in [1.82, 2.24) is 10.0 Å². The largest absolute Gasteiger partial charge is 0.452 e. The van der Waals surface area contributed by atoms with Crippen molar-refractivity contribution in [3.63, 3.8) is 0 Å². The number of sulfonamides is 1. The van der Waals surface area contributed by atoms with Gasteiger partial charge in [0.25, 0.3) is 5.91 Å². The first-order valence-corrected chi connectivity index (χ1v) is 11.8. The van der Waals surface area contributed by atoms with Gasteiger partial charge in [0.1, 0.15) is 0 Å². The van der Waals surface area contributed by atoms with Crippen LogP contribution < -0.4 is 10.0 Å². The zero-order valence-corrected chi connectivity index (χ0v) is 19.2. The third-order valence-electron chi connectivity index (χ3n) is 4.97. The molecular formula is C23H30N2O5S. The highest BCUT2D eigenvalue weighted by molar-refractivity contribution is 7.89. The molecule has 2 unspecified atom stereocenters. The maximum Gasteiger partial charge on any atom is 0.338 e. The first kappa shape index (κ1) is 24.6. The predicted molar refractivity (Wildman–Crippen MR) is 119 cm³/mol. The van der Waals surface area contributed by atoms with E-state index in [0.717, 1.165) is 12.0 Å². The maximum atomic E-state index is 12.3. The van der Waals surface area contributed by atoms with Gasteiger partial charge in [-0.1, -0.05) is 38.1 Å². The standard InChI is InChI=1S/C23H30N2O5S/c1-5-16(3)25-31(28,29)21-13-11-20(12-14-21)23(27)30-15-22(26)24-17(4)19-9-7-18(6-2)8-10-19/h7-14,16-17,25H,5-6,15H2,1-4H3,(H,24,26). The topological polar surface area (TPSA) is 102 Å². The third-order valence-corrected chi connectivity index (χ3v) is 6.57. The van der Waals surface area contributed by atoms with Crippen LogP contribution in [0.3, 0.4) is 0 Å². The Kier molecular flexibility index (Phi) is 8.76. The molecule has 2 atom stereocenters. The molecule has 2 rings (SSSR count). The number of esters is 1. The summed E-state index contributed by atoms with van der Waals surface area (Å²) in [5.41, 5.74) is 2.34. The number of nitrogens with one attached hydrogen (secondary N) is 2. The first-order valence-electron chi connectivity index (χ1n) is 10.3. The molecule has 0 fully saturated rings. The number of benzene rings is 2. The second kappa shape index (κ2) is 11.1. The number of hydrogen-bond donors (Lipinski definition) is 2. The van der Waals surface area contributed by atoms with Gasteiger partial charge in [0, 0.05) is 6.04 Å². The fraction of sp³-hybridized carbons (Fsp3) is 0.391. The summed E-state index contributed by atoms with van der Waals surface area (Å²) in [4.78, 5) is 24.4. The summed E-state index contributed by atoms with van der Waals surface area (Å²) in [6, 6.07) is 12.9. The van der Waals surface area contributed by atoms with Crippen LogP contribution in [0, 0.1) is 0 Å². The summed E-state index contributed by atoms with van der Waals surface area (Å²) in [6.45, 7) is 7.16. The Bertz CT molecular complexity index is 986.